The van der Waals surface area contributed by atoms with E-state index in [4.69, 9.17) is 16.6 Å². The maximum atomic E-state index is 11.0. The molecule has 1 amide bonds. The highest BCUT2D eigenvalue weighted by Crippen LogP contribution is 2.25. The van der Waals surface area contributed by atoms with E-state index >= 15 is 0 Å². The summed E-state index contributed by atoms with van der Waals surface area (Å²) in [4.78, 5) is 13.0. The molecule has 17 heavy (non-hydrogen) atoms. The van der Waals surface area contributed by atoms with Crippen molar-refractivity contribution in [2.24, 2.45) is 5.73 Å². The van der Waals surface area contributed by atoms with Crippen LogP contribution < -0.4 is 16.4 Å². The van der Waals surface area contributed by atoms with Crippen LogP contribution >= 0.6 is 0 Å². The number of rotatable bonds is 5. The second-order valence-corrected chi connectivity index (χ2v) is 4.15. The number of aliphatic hydroxyl groups is 1. The van der Waals surface area contributed by atoms with Gasteiger partial charge in [0.25, 0.3) is 0 Å². The third-order valence-corrected chi connectivity index (χ3v) is 2.59. The maximum Gasteiger partial charge on any atom is 0.248 e. The van der Waals surface area contributed by atoms with Crippen LogP contribution in [-0.2, 0) is 0 Å². The fourth-order valence-corrected chi connectivity index (χ4v) is 1.73. The molecule has 0 saturated carbocycles. The van der Waals surface area contributed by atoms with Gasteiger partial charge in [0.1, 0.15) is 0 Å². The molecule has 0 aliphatic rings. The quantitative estimate of drug-likeness (QED) is 0.653. The van der Waals surface area contributed by atoms with Crippen molar-refractivity contribution in [2.75, 3.05) is 23.8 Å². The lowest BCUT2D eigenvalue weighted by molar-refractivity contribution is 0.100. The van der Waals surface area contributed by atoms with Crippen molar-refractivity contribution < 1.29 is 9.90 Å². The smallest absolute Gasteiger partial charge is 0.248 e. The molecule has 0 aliphatic carbocycles. The Morgan fingerprint density at radius 2 is 2.12 bits per heavy atom. The van der Waals surface area contributed by atoms with Crippen LogP contribution in [0.2, 0.25) is 0 Å². The lowest BCUT2D eigenvalue weighted by atomic mass is 10.1. The Balaban J connectivity index is 3.08. The second kappa shape index (κ2) is 5.54. The molecular formula is C12H19N3O2. The Morgan fingerprint density at radius 1 is 1.47 bits per heavy atom. The molecule has 1 rings (SSSR count). The zero-order valence-corrected chi connectivity index (χ0v) is 10.2. The van der Waals surface area contributed by atoms with Gasteiger partial charge >= 0.3 is 0 Å². The predicted octanol–water partition coefficient (Wildman–Crippen LogP) is 0.575. The third-order valence-electron chi connectivity index (χ3n) is 2.59. The van der Waals surface area contributed by atoms with Crippen LogP contribution in [0.3, 0.4) is 0 Å². The first kappa shape index (κ1) is 13.3. The van der Waals surface area contributed by atoms with Crippen molar-refractivity contribution >= 4 is 17.3 Å². The summed E-state index contributed by atoms with van der Waals surface area (Å²) in [6.07, 6.45) is 0. The van der Waals surface area contributed by atoms with E-state index in [2.05, 4.69) is 0 Å². The van der Waals surface area contributed by atoms with Gasteiger partial charge in [0.2, 0.25) is 5.91 Å². The first-order chi connectivity index (χ1) is 7.97. The molecule has 1 aromatic rings. The number of benzene rings is 1. The molecule has 0 fully saturated rings. The molecule has 0 heterocycles. The number of primary amides is 1. The molecule has 0 radical (unpaired) electrons. The summed E-state index contributed by atoms with van der Waals surface area (Å²) in [5, 5.41) is 9.02. The number of nitrogens with two attached hydrogens (primary N) is 2. The summed E-state index contributed by atoms with van der Waals surface area (Å²) >= 11 is 0. The predicted molar refractivity (Wildman–Crippen MR) is 68.9 cm³/mol. The van der Waals surface area contributed by atoms with E-state index in [1.807, 2.05) is 18.7 Å². The molecule has 0 saturated heterocycles. The SMILES string of the molecule is CC(C)N(CCO)c1ccc(C(N)=O)cc1N. The number of amides is 1. The van der Waals surface area contributed by atoms with E-state index in [-0.39, 0.29) is 12.6 Å². The van der Waals surface area contributed by atoms with Crippen LogP contribution in [0.25, 0.3) is 0 Å². The Bertz CT molecular complexity index is 405. The Morgan fingerprint density at radius 3 is 2.53 bits per heavy atom. The van der Waals surface area contributed by atoms with Gasteiger partial charge < -0.3 is 21.5 Å². The first-order valence-corrected chi connectivity index (χ1v) is 5.54. The summed E-state index contributed by atoms with van der Waals surface area (Å²) in [6.45, 7) is 4.57. The van der Waals surface area contributed by atoms with Gasteiger partial charge in [-0.15, -0.1) is 0 Å². The minimum atomic E-state index is -0.499. The fraction of sp³-hybridized carbons (Fsp3) is 0.417. The molecule has 0 aliphatic heterocycles. The summed E-state index contributed by atoms with van der Waals surface area (Å²) < 4.78 is 0. The minimum Gasteiger partial charge on any atom is -0.397 e. The molecular weight excluding hydrogens is 218 g/mol. The number of hydrogen-bond acceptors (Lipinski definition) is 4. The normalized spacial score (nSPS) is 10.6. The van der Waals surface area contributed by atoms with Gasteiger partial charge in [-0.05, 0) is 32.0 Å². The lowest BCUT2D eigenvalue weighted by Crippen LogP contribution is -2.34. The summed E-state index contributed by atoms with van der Waals surface area (Å²) in [5.74, 6) is -0.499. The molecule has 0 bridgehead atoms. The average molecular weight is 237 g/mol. The van der Waals surface area contributed by atoms with Crippen LogP contribution in [0.1, 0.15) is 24.2 Å². The van der Waals surface area contributed by atoms with Gasteiger partial charge in [0, 0.05) is 18.2 Å². The number of hydrogen-bond donors (Lipinski definition) is 3. The van der Waals surface area contributed by atoms with Gasteiger partial charge in [0.15, 0.2) is 0 Å². The number of carbonyl (C=O) groups excluding carboxylic acids is 1. The first-order valence-electron chi connectivity index (χ1n) is 5.54. The summed E-state index contributed by atoms with van der Waals surface area (Å²) in [6, 6.07) is 5.17. The topological polar surface area (TPSA) is 92.6 Å². The molecule has 5 N–H and O–H groups in total. The molecule has 0 atom stereocenters. The highest BCUT2D eigenvalue weighted by atomic mass is 16.3. The Labute approximate surface area is 101 Å². The monoisotopic (exact) mass is 237 g/mol. The number of anilines is 2. The van der Waals surface area contributed by atoms with E-state index in [1.165, 1.54) is 0 Å². The maximum absolute atomic E-state index is 11.0. The Kier molecular flexibility index (Phi) is 4.34. The zero-order chi connectivity index (χ0) is 13.0. The van der Waals surface area contributed by atoms with E-state index in [1.54, 1.807) is 18.2 Å². The lowest BCUT2D eigenvalue weighted by Gasteiger charge is -2.29. The molecule has 5 heteroatoms. The largest absolute Gasteiger partial charge is 0.397 e. The zero-order valence-electron chi connectivity index (χ0n) is 10.2. The van der Waals surface area contributed by atoms with Gasteiger partial charge in [-0.1, -0.05) is 0 Å². The standard InChI is InChI=1S/C12H19N3O2/c1-8(2)15(5-6-16)11-4-3-9(12(14)17)7-10(11)13/h3-4,7-8,16H,5-6,13H2,1-2H3,(H2,14,17). The molecule has 1 aromatic carbocycles. The van der Waals surface area contributed by atoms with Crippen molar-refractivity contribution in [1.29, 1.82) is 0 Å². The highest BCUT2D eigenvalue weighted by Gasteiger charge is 2.14. The van der Waals surface area contributed by atoms with Crippen LogP contribution in [0.5, 0.6) is 0 Å². The van der Waals surface area contributed by atoms with E-state index in [9.17, 15) is 4.79 Å². The van der Waals surface area contributed by atoms with Crippen molar-refractivity contribution in [3.63, 3.8) is 0 Å². The molecule has 0 unspecified atom stereocenters. The van der Waals surface area contributed by atoms with Crippen LogP contribution in [0.4, 0.5) is 11.4 Å². The number of aliphatic hydroxyl groups excluding tert-OH is 1. The van der Waals surface area contributed by atoms with Gasteiger partial charge in [-0.25, -0.2) is 0 Å². The summed E-state index contributed by atoms with van der Waals surface area (Å²) in [7, 11) is 0. The summed E-state index contributed by atoms with van der Waals surface area (Å²) in [5.41, 5.74) is 12.8. The number of nitrogens with zero attached hydrogens (tertiary/aromatic N) is 1. The van der Waals surface area contributed by atoms with Gasteiger partial charge in [0.05, 0.1) is 18.0 Å². The molecule has 94 valence electrons. The fourth-order valence-electron chi connectivity index (χ4n) is 1.73. The highest BCUT2D eigenvalue weighted by molar-refractivity contribution is 5.94. The van der Waals surface area contributed by atoms with E-state index in [0.717, 1.165) is 5.69 Å². The van der Waals surface area contributed by atoms with Crippen molar-refractivity contribution in [1.82, 2.24) is 0 Å². The minimum absolute atomic E-state index is 0.0508. The van der Waals surface area contributed by atoms with Crippen LogP contribution in [0.15, 0.2) is 18.2 Å². The van der Waals surface area contributed by atoms with Crippen molar-refractivity contribution in [3.8, 4) is 0 Å². The van der Waals surface area contributed by atoms with Crippen LogP contribution in [0, 0.1) is 0 Å². The Hall–Kier alpha value is -1.75. The van der Waals surface area contributed by atoms with Gasteiger partial charge in [-0.2, -0.15) is 0 Å². The third kappa shape index (κ3) is 3.10. The average Bonchev–Trinajstić information content (AvgIpc) is 2.26. The number of carbonyl (C=O) groups is 1. The second-order valence-electron chi connectivity index (χ2n) is 4.15. The number of nitrogen functional groups attached to an aromatic ring is 1. The molecule has 0 aromatic heterocycles. The van der Waals surface area contributed by atoms with Crippen molar-refractivity contribution in [2.45, 2.75) is 19.9 Å². The van der Waals surface area contributed by atoms with Crippen LogP contribution in [-0.4, -0.2) is 30.2 Å². The van der Waals surface area contributed by atoms with Crippen molar-refractivity contribution in [3.05, 3.63) is 23.8 Å². The van der Waals surface area contributed by atoms with E-state index in [0.29, 0.717) is 17.8 Å². The van der Waals surface area contributed by atoms with E-state index < -0.39 is 5.91 Å². The van der Waals surface area contributed by atoms with Gasteiger partial charge in [-0.3, -0.25) is 4.79 Å². The molecule has 0 spiro atoms. The molecule has 5 nitrogen and oxygen atoms in total.